The Morgan fingerprint density at radius 2 is 1.37 bits per heavy atom. The number of imide groups is 1. The molecule has 0 aromatic heterocycles. The number of piperidine rings is 1. The summed E-state index contributed by atoms with van der Waals surface area (Å²) in [5.74, 6) is -1.09. The summed E-state index contributed by atoms with van der Waals surface area (Å²) in [4.78, 5) is 63.1. The Kier molecular flexibility index (Phi) is 9.89. The van der Waals surface area contributed by atoms with Gasteiger partial charge in [0, 0.05) is 36.9 Å². The van der Waals surface area contributed by atoms with Crippen molar-refractivity contribution in [2.45, 2.75) is 93.0 Å². The largest absolute Gasteiger partial charge is 0.355 e. The molecule has 200 valence electrons. The lowest BCUT2D eigenvalue weighted by Gasteiger charge is -2.50. The van der Waals surface area contributed by atoms with E-state index in [4.69, 9.17) is 5.73 Å². The number of carbonyl (C=O) groups excluding carboxylic acids is 5. The van der Waals surface area contributed by atoms with Gasteiger partial charge in [-0.15, -0.1) is 0 Å². The maximum atomic E-state index is 13.1. The van der Waals surface area contributed by atoms with Crippen LogP contribution in [0.25, 0.3) is 0 Å². The third-order valence-electron chi connectivity index (χ3n) is 7.12. The summed E-state index contributed by atoms with van der Waals surface area (Å²) in [6.45, 7) is 15.9. The Bertz CT molecular complexity index is 811. The highest BCUT2D eigenvalue weighted by Crippen LogP contribution is 2.48. The fourth-order valence-electron chi connectivity index (χ4n) is 4.63. The fraction of sp³-hybridized carbons (Fsp3) is 0.800. The van der Waals surface area contributed by atoms with E-state index in [1.807, 2.05) is 27.7 Å². The highest BCUT2D eigenvalue weighted by molar-refractivity contribution is 5.99. The molecule has 1 fully saturated rings. The molecule has 5 N–H and O–H groups in total. The average Bonchev–Trinajstić information content (AvgIpc) is 2.65. The lowest BCUT2D eigenvalue weighted by molar-refractivity contribution is -0.165. The number of nitrogens with two attached hydrogens (primary N) is 1. The molecule has 0 aromatic carbocycles. The van der Waals surface area contributed by atoms with Crippen molar-refractivity contribution in [1.82, 2.24) is 20.9 Å². The number of nitrogens with one attached hydrogen (secondary N) is 3. The van der Waals surface area contributed by atoms with Gasteiger partial charge in [0.25, 0.3) is 0 Å². The second kappa shape index (κ2) is 11.4. The Morgan fingerprint density at radius 1 is 0.886 bits per heavy atom. The molecular formula is C25H45N5O5. The zero-order chi connectivity index (χ0) is 27.2. The average molecular weight is 496 g/mol. The molecule has 0 bridgehead atoms. The lowest BCUT2D eigenvalue weighted by Crippen LogP contribution is -2.60. The smallest absolute Gasteiger partial charge is 0.312 e. The first-order valence-electron chi connectivity index (χ1n) is 12.3. The van der Waals surface area contributed by atoms with Crippen LogP contribution in [0.1, 0.15) is 87.5 Å². The first kappa shape index (κ1) is 30.4. The van der Waals surface area contributed by atoms with Crippen molar-refractivity contribution in [3.05, 3.63) is 0 Å². The van der Waals surface area contributed by atoms with Crippen molar-refractivity contribution in [3.63, 3.8) is 0 Å². The number of urea groups is 1. The standard InChI is InChI=1S/C25H45N5O5/c1-22(2,3)25(8)13-18(32)30(19(33)14-25)24(6,7)16-23(4,5)20(34)29-15-17(31)27-11-9-10-12-28-21(26)35/h9-16H2,1-8H3,(H,27,31)(H,29,34)(H3,26,28,35). The number of rotatable bonds is 11. The van der Waals surface area contributed by atoms with Crippen LogP contribution < -0.4 is 21.7 Å². The van der Waals surface area contributed by atoms with Crippen LogP contribution in [0, 0.1) is 16.2 Å². The number of nitrogens with zero attached hydrogens (tertiary/aromatic N) is 1. The van der Waals surface area contributed by atoms with Gasteiger partial charge in [-0.25, -0.2) is 4.79 Å². The predicted octanol–water partition coefficient (Wildman–Crippen LogP) is 2.06. The Morgan fingerprint density at radius 3 is 1.83 bits per heavy atom. The Hall–Kier alpha value is -2.65. The quantitative estimate of drug-likeness (QED) is 0.255. The van der Waals surface area contributed by atoms with E-state index in [9.17, 15) is 24.0 Å². The van der Waals surface area contributed by atoms with Crippen LogP contribution in [0.5, 0.6) is 0 Å². The molecule has 0 atom stereocenters. The van der Waals surface area contributed by atoms with Gasteiger partial charge in [0.2, 0.25) is 23.6 Å². The molecule has 10 nitrogen and oxygen atoms in total. The molecule has 0 unspecified atom stereocenters. The van der Waals surface area contributed by atoms with Crippen molar-refractivity contribution in [1.29, 1.82) is 0 Å². The summed E-state index contributed by atoms with van der Waals surface area (Å²) >= 11 is 0. The molecule has 1 aliphatic rings. The summed E-state index contributed by atoms with van der Waals surface area (Å²) < 4.78 is 0. The zero-order valence-electron chi connectivity index (χ0n) is 22.7. The van der Waals surface area contributed by atoms with Gasteiger partial charge in [-0.3, -0.25) is 24.1 Å². The van der Waals surface area contributed by atoms with Gasteiger partial charge in [0.05, 0.1) is 6.54 Å². The van der Waals surface area contributed by atoms with Gasteiger partial charge in [-0.2, -0.15) is 0 Å². The molecule has 1 aliphatic heterocycles. The van der Waals surface area contributed by atoms with Crippen LogP contribution in [-0.2, 0) is 19.2 Å². The van der Waals surface area contributed by atoms with Crippen molar-refractivity contribution >= 4 is 29.7 Å². The molecule has 10 heteroatoms. The third kappa shape index (κ3) is 8.50. The first-order chi connectivity index (χ1) is 15.8. The number of carbonyl (C=O) groups is 5. The molecule has 35 heavy (non-hydrogen) atoms. The first-order valence-corrected chi connectivity index (χ1v) is 12.3. The van der Waals surface area contributed by atoms with E-state index in [0.717, 1.165) is 0 Å². The highest BCUT2D eigenvalue weighted by atomic mass is 16.2. The molecule has 0 saturated carbocycles. The van der Waals surface area contributed by atoms with Gasteiger partial charge in [-0.1, -0.05) is 41.5 Å². The predicted molar refractivity (Wildman–Crippen MR) is 134 cm³/mol. The fourth-order valence-corrected chi connectivity index (χ4v) is 4.63. The van der Waals surface area contributed by atoms with E-state index in [1.54, 1.807) is 27.7 Å². The summed E-state index contributed by atoms with van der Waals surface area (Å²) in [6, 6.07) is -0.583. The molecule has 0 spiro atoms. The minimum Gasteiger partial charge on any atom is -0.355 e. The zero-order valence-corrected chi connectivity index (χ0v) is 22.7. The second-order valence-corrected chi connectivity index (χ2v) is 12.2. The van der Waals surface area contributed by atoms with Crippen molar-refractivity contribution in [2.24, 2.45) is 22.0 Å². The van der Waals surface area contributed by atoms with E-state index in [0.29, 0.717) is 25.9 Å². The summed E-state index contributed by atoms with van der Waals surface area (Å²) in [7, 11) is 0. The van der Waals surface area contributed by atoms with E-state index in [1.165, 1.54) is 4.90 Å². The van der Waals surface area contributed by atoms with Gasteiger partial charge in [0.1, 0.15) is 0 Å². The Labute approximate surface area is 209 Å². The maximum Gasteiger partial charge on any atom is 0.312 e. The van der Waals surface area contributed by atoms with E-state index >= 15 is 0 Å². The van der Waals surface area contributed by atoms with Gasteiger partial charge in [0.15, 0.2) is 0 Å². The van der Waals surface area contributed by atoms with Crippen LogP contribution in [0.3, 0.4) is 0 Å². The number of unbranched alkanes of at least 4 members (excludes halogenated alkanes) is 1. The van der Waals surface area contributed by atoms with Gasteiger partial charge >= 0.3 is 6.03 Å². The summed E-state index contributed by atoms with van der Waals surface area (Å²) in [5, 5.41) is 7.84. The Balaban J connectivity index is 2.64. The van der Waals surface area contributed by atoms with Crippen LogP contribution in [0.4, 0.5) is 4.79 Å². The molecule has 1 saturated heterocycles. The third-order valence-corrected chi connectivity index (χ3v) is 7.12. The maximum absolute atomic E-state index is 13.1. The number of likely N-dealkylation sites (tertiary alicyclic amines) is 1. The molecular weight excluding hydrogens is 450 g/mol. The molecule has 1 rings (SSSR count). The van der Waals surface area contributed by atoms with Gasteiger partial charge in [-0.05, 0) is 43.9 Å². The summed E-state index contributed by atoms with van der Waals surface area (Å²) in [6.07, 6.45) is 2.13. The minimum absolute atomic E-state index is 0.173. The van der Waals surface area contributed by atoms with Crippen molar-refractivity contribution in [2.75, 3.05) is 19.6 Å². The van der Waals surface area contributed by atoms with Crippen molar-refractivity contribution in [3.8, 4) is 0 Å². The van der Waals surface area contributed by atoms with E-state index in [2.05, 4.69) is 16.0 Å². The van der Waals surface area contributed by atoms with E-state index in [-0.39, 0.29) is 54.9 Å². The SMILES string of the molecule is CC(C)(CC(C)(C)N1C(=O)CC(C)(C(C)(C)C)CC1=O)C(=O)NCC(=O)NCCCCNC(N)=O. The summed E-state index contributed by atoms with van der Waals surface area (Å²) in [5.41, 5.74) is 2.57. The topological polar surface area (TPSA) is 151 Å². The van der Waals surface area contributed by atoms with Crippen LogP contribution >= 0.6 is 0 Å². The van der Waals surface area contributed by atoms with Crippen LogP contribution in [0.2, 0.25) is 0 Å². The number of hydrogen-bond donors (Lipinski definition) is 4. The molecule has 0 aliphatic carbocycles. The van der Waals surface area contributed by atoms with Crippen LogP contribution in [-0.4, -0.2) is 59.7 Å². The molecule has 0 aromatic rings. The van der Waals surface area contributed by atoms with E-state index < -0.39 is 22.4 Å². The second-order valence-electron chi connectivity index (χ2n) is 12.2. The highest BCUT2D eigenvalue weighted by Gasteiger charge is 2.51. The normalized spacial score (nSPS) is 16.6. The monoisotopic (exact) mass is 495 g/mol. The van der Waals surface area contributed by atoms with Gasteiger partial charge < -0.3 is 21.7 Å². The number of hydrogen-bond acceptors (Lipinski definition) is 5. The molecule has 6 amide bonds. The van der Waals surface area contributed by atoms with Crippen molar-refractivity contribution < 1.29 is 24.0 Å². The molecule has 0 radical (unpaired) electrons. The number of primary amides is 1. The minimum atomic E-state index is -0.921. The molecule has 1 heterocycles. The van der Waals surface area contributed by atoms with Crippen LogP contribution in [0.15, 0.2) is 0 Å². The lowest BCUT2D eigenvalue weighted by atomic mass is 9.62. The number of amides is 6.